The number of hydrogen-bond donors (Lipinski definition) is 2. The standard InChI is InChI=1S/C21H21Cl2N3OS2/c1-21(2,3)11-4-6-13-15(10-24)19(29-17(13)8-11)26-20(28)25-18(27)14-9-12(22)5-7-16(14)23/h5,7,9,11H,4,6,8H2,1-3H3,(H2,25,26,27,28)/t11-/m1/s1. The monoisotopic (exact) mass is 465 g/mol. The Kier molecular flexibility index (Phi) is 6.54. The highest BCUT2D eigenvalue weighted by molar-refractivity contribution is 7.80. The molecule has 1 aliphatic carbocycles. The molecule has 4 nitrogen and oxygen atoms in total. The lowest BCUT2D eigenvalue weighted by molar-refractivity contribution is 0.0978. The summed E-state index contributed by atoms with van der Waals surface area (Å²) in [7, 11) is 0. The van der Waals surface area contributed by atoms with E-state index in [1.54, 1.807) is 23.5 Å². The molecule has 29 heavy (non-hydrogen) atoms. The molecule has 0 bridgehead atoms. The van der Waals surface area contributed by atoms with Crippen LogP contribution in [0.15, 0.2) is 18.2 Å². The minimum absolute atomic E-state index is 0.119. The first kappa shape index (κ1) is 22.0. The molecule has 0 spiro atoms. The van der Waals surface area contributed by atoms with E-state index in [0.29, 0.717) is 21.5 Å². The fourth-order valence-electron chi connectivity index (χ4n) is 3.51. The Labute approximate surface area is 190 Å². The minimum atomic E-state index is -0.456. The van der Waals surface area contributed by atoms with Crippen molar-refractivity contribution in [3.8, 4) is 6.07 Å². The van der Waals surface area contributed by atoms with Gasteiger partial charge in [0.25, 0.3) is 5.91 Å². The molecule has 2 N–H and O–H groups in total. The molecule has 1 amide bonds. The molecule has 8 heteroatoms. The smallest absolute Gasteiger partial charge is 0.258 e. The van der Waals surface area contributed by atoms with Crippen LogP contribution in [0.4, 0.5) is 5.00 Å². The second-order valence-electron chi connectivity index (χ2n) is 8.16. The highest BCUT2D eigenvalue weighted by Gasteiger charge is 2.32. The van der Waals surface area contributed by atoms with E-state index in [9.17, 15) is 10.1 Å². The van der Waals surface area contributed by atoms with Gasteiger partial charge in [0, 0.05) is 9.90 Å². The molecule has 0 aliphatic heterocycles. The van der Waals surface area contributed by atoms with Gasteiger partial charge in [0.1, 0.15) is 11.1 Å². The van der Waals surface area contributed by atoms with Crippen LogP contribution in [0, 0.1) is 22.7 Å². The zero-order chi connectivity index (χ0) is 21.3. The third-order valence-corrected chi connectivity index (χ3v) is 7.17. The van der Waals surface area contributed by atoms with E-state index in [1.807, 2.05) is 0 Å². The van der Waals surface area contributed by atoms with Gasteiger partial charge in [-0.1, -0.05) is 44.0 Å². The number of amides is 1. The molecule has 1 aliphatic rings. The predicted octanol–water partition coefficient (Wildman–Crippen LogP) is 6.20. The van der Waals surface area contributed by atoms with E-state index in [-0.39, 0.29) is 21.1 Å². The molecule has 0 saturated heterocycles. The summed E-state index contributed by atoms with van der Waals surface area (Å²) in [4.78, 5) is 13.7. The second-order valence-corrected chi connectivity index (χ2v) is 10.5. The van der Waals surface area contributed by atoms with Crippen LogP contribution in [0.2, 0.25) is 10.0 Å². The summed E-state index contributed by atoms with van der Waals surface area (Å²) in [5, 5.41) is 16.8. The summed E-state index contributed by atoms with van der Waals surface area (Å²) in [6.45, 7) is 6.77. The van der Waals surface area contributed by atoms with Crippen molar-refractivity contribution in [2.24, 2.45) is 11.3 Å². The van der Waals surface area contributed by atoms with E-state index in [1.165, 1.54) is 10.9 Å². The number of hydrogen-bond acceptors (Lipinski definition) is 4. The zero-order valence-corrected chi connectivity index (χ0v) is 19.5. The molecule has 152 valence electrons. The quantitative estimate of drug-likeness (QED) is 0.517. The van der Waals surface area contributed by atoms with Crippen molar-refractivity contribution in [3.05, 3.63) is 49.8 Å². The fourth-order valence-corrected chi connectivity index (χ4v) is 5.42. The number of carbonyl (C=O) groups excluding carboxylic acids is 1. The van der Waals surface area contributed by atoms with Crippen molar-refractivity contribution < 1.29 is 4.79 Å². The zero-order valence-electron chi connectivity index (χ0n) is 16.4. The number of thiophene rings is 1. The lowest BCUT2D eigenvalue weighted by Gasteiger charge is -2.33. The molecule has 1 aromatic carbocycles. The van der Waals surface area contributed by atoms with Crippen LogP contribution in [0.1, 0.15) is 53.6 Å². The van der Waals surface area contributed by atoms with Gasteiger partial charge >= 0.3 is 0 Å². The van der Waals surface area contributed by atoms with Crippen LogP contribution >= 0.6 is 46.8 Å². The van der Waals surface area contributed by atoms with Crippen molar-refractivity contribution in [2.75, 3.05) is 5.32 Å². The van der Waals surface area contributed by atoms with Gasteiger partial charge < -0.3 is 5.32 Å². The van der Waals surface area contributed by atoms with Crippen LogP contribution < -0.4 is 10.6 Å². The average molecular weight is 466 g/mol. The largest absolute Gasteiger partial charge is 0.323 e. The van der Waals surface area contributed by atoms with Gasteiger partial charge in [0.2, 0.25) is 0 Å². The molecule has 2 aromatic rings. The number of halogens is 2. The van der Waals surface area contributed by atoms with Crippen molar-refractivity contribution in [3.63, 3.8) is 0 Å². The summed E-state index contributed by atoms with van der Waals surface area (Å²) in [6, 6.07) is 6.95. The van der Waals surface area contributed by atoms with Gasteiger partial charge in [0.15, 0.2) is 5.11 Å². The molecular weight excluding hydrogens is 445 g/mol. The van der Waals surface area contributed by atoms with Crippen molar-refractivity contribution in [2.45, 2.75) is 40.0 Å². The first-order chi connectivity index (χ1) is 13.6. The van der Waals surface area contributed by atoms with Gasteiger partial charge in [-0.25, -0.2) is 0 Å². The molecule has 0 unspecified atom stereocenters. The normalized spacial score (nSPS) is 15.9. The number of nitriles is 1. The first-order valence-corrected chi connectivity index (χ1v) is 11.2. The Morgan fingerprint density at radius 3 is 2.72 bits per heavy atom. The maximum Gasteiger partial charge on any atom is 0.258 e. The Morgan fingerprint density at radius 1 is 1.34 bits per heavy atom. The van der Waals surface area contributed by atoms with Gasteiger partial charge in [-0.2, -0.15) is 5.26 Å². The fraction of sp³-hybridized carbons (Fsp3) is 0.381. The molecule has 1 atom stereocenters. The van der Waals surface area contributed by atoms with E-state index < -0.39 is 5.91 Å². The first-order valence-electron chi connectivity index (χ1n) is 9.22. The summed E-state index contributed by atoms with van der Waals surface area (Å²) in [5.74, 6) is 0.118. The van der Waals surface area contributed by atoms with Crippen LogP contribution in [-0.4, -0.2) is 11.0 Å². The highest BCUT2D eigenvalue weighted by Crippen LogP contribution is 2.43. The molecule has 0 radical (unpaired) electrons. The summed E-state index contributed by atoms with van der Waals surface area (Å²) in [6.07, 6.45) is 2.91. The second kappa shape index (κ2) is 8.61. The number of carbonyl (C=O) groups is 1. The number of thiocarbonyl (C=S) groups is 1. The number of fused-ring (bicyclic) bond motifs is 1. The SMILES string of the molecule is CC(C)(C)[C@@H]1CCc2c(sc(NC(=S)NC(=O)c3cc(Cl)ccc3Cl)c2C#N)C1. The molecule has 0 saturated carbocycles. The number of benzene rings is 1. The van der Waals surface area contributed by atoms with Gasteiger partial charge in [-0.3, -0.25) is 10.1 Å². The predicted molar refractivity (Wildman–Crippen MR) is 124 cm³/mol. The van der Waals surface area contributed by atoms with E-state index in [0.717, 1.165) is 24.8 Å². The van der Waals surface area contributed by atoms with Gasteiger partial charge in [0.05, 0.1) is 16.1 Å². The molecular formula is C21H21Cl2N3OS2. The Balaban J connectivity index is 1.76. The van der Waals surface area contributed by atoms with E-state index in [4.69, 9.17) is 35.4 Å². The maximum atomic E-state index is 12.5. The third kappa shape index (κ3) is 4.92. The van der Waals surface area contributed by atoms with Crippen LogP contribution in [-0.2, 0) is 12.8 Å². The summed E-state index contributed by atoms with van der Waals surface area (Å²) >= 11 is 18.9. The van der Waals surface area contributed by atoms with Gasteiger partial charge in [-0.05, 0) is 66.6 Å². The van der Waals surface area contributed by atoms with E-state index >= 15 is 0 Å². The molecule has 1 heterocycles. The number of anilines is 1. The third-order valence-electron chi connectivity index (χ3n) is 5.23. The van der Waals surface area contributed by atoms with Crippen LogP contribution in [0.5, 0.6) is 0 Å². The topological polar surface area (TPSA) is 64.9 Å². The van der Waals surface area contributed by atoms with Crippen molar-refractivity contribution in [1.82, 2.24) is 5.32 Å². The van der Waals surface area contributed by atoms with Crippen LogP contribution in [0.3, 0.4) is 0 Å². The molecule has 3 rings (SSSR count). The van der Waals surface area contributed by atoms with Crippen molar-refractivity contribution in [1.29, 1.82) is 5.26 Å². The minimum Gasteiger partial charge on any atom is -0.323 e. The number of nitrogens with one attached hydrogen (secondary N) is 2. The lowest BCUT2D eigenvalue weighted by atomic mass is 9.72. The highest BCUT2D eigenvalue weighted by atomic mass is 35.5. The summed E-state index contributed by atoms with van der Waals surface area (Å²) in [5.41, 5.74) is 2.19. The Morgan fingerprint density at radius 2 is 2.07 bits per heavy atom. The number of nitrogens with zero attached hydrogens (tertiary/aromatic N) is 1. The Bertz CT molecular complexity index is 1020. The van der Waals surface area contributed by atoms with Crippen LogP contribution in [0.25, 0.3) is 0 Å². The lowest BCUT2D eigenvalue weighted by Crippen LogP contribution is -2.34. The number of rotatable bonds is 2. The van der Waals surface area contributed by atoms with Gasteiger partial charge in [-0.15, -0.1) is 11.3 Å². The molecule has 0 fully saturated rings. The Hall–Kier alpha value is -1.65. The molecule has 1 aromatic heterocycles. The van der Waals surface area contributed by atoms with Crippen molar-refractivity contribution >= 4 is 62.8 Å². The maximum absolute atomic E-state index is 12.5. The summed E-state index contributed by atoms with van der Waals surface area (Å²) < 4.78 is 0. The average Bonchev–Trinajstić information content (AvgIpc) is 2.98. The van der Waals surface area contributed by atoms with E-state index in [2.05, 4.69) is 37.5 Å².